The summed E-state index contributed by atoms with van der Waals surface area (Å²) in [6, 6.07) is 11.8. The molecule has 0 rings (SSSR count). The first-order valence-corrected chi connectivity index (χ1v) is 19.9. The van der Waals surface area contributed by atoms with E-state index in [-0.39, 0.29) is 0 Å². The lowest BCUT2D eigenvalue weighted by molar-refractivity contribution is 0.668. The Morgan fingerprint density at radius 1 is 0.562 bits per heavy atom. The van der Waals surface area contributed by atoms with Crippen LogP contribution in [0.2, 0.25) is 48.4 Å². The predicted octanol–water partition coefficient (Wildman–Crippen LogP) is 10.7. The standard InChI is InChI=1S/C29H59NSi2/c1-7-13-26-31(22-9-3,23-10-4)28-18-16-15-17-20-30-21-19-29-32(24-11-5,25-12-6)27-14-8-2/h7-8,13-14,21H,9-12,15-20,22-29H2,1-6H3/b13-7+,14-8+,30-21?. The van der Waals surface area contributed by atoms with E-state index in [0.717, 1.165) is 6.54 Å². The zero-order valence-corrected chi connectivity index (χ0v) is 25.1. The van der Waals surface area contributed by atoms with Crippen LogP contribution < -0.4 is 0 Å². The molecule has 0 unspecified atom stereocenters. The van der Waals surface area contributed by atoms with Gasteiger partial charge in [-0.2, -0.15) is 0 Å². The van der Waals surface area contributed by atoms with E-state index in [0.29, 0.717) is 0 Å². The highest BCUT2D eigenvalue weighted by atomic mass is 28.3. The third kappa shape index (κ3) is 14.7. The number of hydrogen-bond acceptors (Lipinski definition) is 1. The summed E-state index contributed by atoms with van der Waals surface area (Å²) in [5.41, 5.74) is 0. The van der Waals surface area contributed by atoms with Crippen LogP contribution in [-0.2, 0) is 0 Å². The Hall–Kier alpha value is -0.416. The van der Waals surface area contributed by atoms with E-state index >= 15 is 0 Å². The van der Waals surface area contributed by atoms with Gasteiger partial charge >= 0.3 is 0 Å². The minimum atomic E-state index is -1.12. The molecule has 0 heterocycles. The Morgan fingerprint density at radius 3 is 1.50 bits per heavy atom. The largest absolute Gasteiger partial charge is 0.298 e. The second kappa shape index (κ2) is 21.1. The third-order valence-electron chi connectivity index (χ3n) is 7.37. The zero-order valence-electron chi connectivity index (χ0n) is 23.1. The lowest BCUT2D eigenvalue weighted by atomic mass is 10.2. The Kier molecular flexibility index (Phi) is 20.9. The predicted molar refractivity (Wildman–Crippen MR) is 157 cm³/mol. The van der Waals surface area contributed by atoms with Crippen LogP contribution in [0.4, 0.5) is 0 Å². The van der Waals surface area contributed by atoms with Gasteiger partial charge in [-0.1, -0.05) is 133 Å². The fraction of sp³-hybridized carbons (Fsp3) is 0.828. The van der Waals surface area contributed by atoms with E-state index in [1.54, 1.807) is 6.04 Å². The van der Waals surface area contributed by atoms with E-state index in [2.05, 4.69) is 72.1 Å². The van der Waals surface area contributed by atoms with E-state index in [1.165, 1.54) is 100 Å². The monoisotopic (exact) mass is 477 g/mol. The van der Waals surface area contributed by atoms with Crippen molar-refractivity contribution < 1.29 is 0 Å². The molecule has 0 aromatic rings. The van der Waals surface area contributed by atoms with Crippen LogP contribution >= 0.6 is 0 Å². The molecular weight excluding hydrogens is 418 g/mol. The van der Waals surface area contributed by atoms with E-state index in [9.17, 15) is 0 Å². The number of aliphatic imine (C=N–C) groups is 1. The molecule has 32 heavy (non-hydrogen) atoms. The van der Waals surface area contributed by atoms with Gasteiger partial charge in [-0.3, -0.25) is 4.99 Å². The molecule has 0 amide bonds. The first kappa shape index (κ1) is 31.6. The normalized spacial score (nSPS) is 13.3. The van der Waals surface area contributed by atoms with Crippen LogP contribution in [-0.4, -0.2) is 28.9 Å². The van der Waals surface area contributed by atoms with Crippen molar-refractivity contribution in [2.75, 3.05) is 6.54 Å². The molecule has 0 aliphatic rings. The highest BCUT2D eigenvalue weighted by molar-refractivity contribution is 6.80. The molecule has 188 valence electrons. The first-order chi connectivity index (χ1) is 15.6. The molecule has 0 atom stereocenters. The Morgan fingerprint density at radius 2 is 1.03 bits per heavy atom. The molecule has 0 aliphatic carbocycles. The van der Waals surface area contributed by atoms with E-state index < -0.39 is 16.1 Å². The number of nitrogens with zero attached hydrogens (tertiary/aromatic N) is 1. The Balaban J connectivity index is 4.27. The zero-order chi connectivity index (χ0) is 24.0. The van der Waals surface area contributed by atoms with Crippen LogP contribution in [0.5, 0.6) is 0 Å². The van der Waals surface area contributed by atoms with Gasteiger partial charge in [-0.15, -0.1) is 0 Å². The quantitative estimate of drug-likeness (QED) is 0.0636. The molecule has 3 heteroatoms. The lowest BCUT2D eigenvalue weighted by Gasteiger charge is -2.30. The fourth-order valence-electron chi connectivity index (χ4n) is 5.83. The average molecular weight is 478 g/mol. The number of allylic oxidation sites excluding steroid dienone is 4. The van der Waals surface area contributed by atoms with E-state index in [1.807, 2.05) is 0 Å². The summed E-state index contributed by atoms with van der Waals surface area (Å²) < 4.78 is 0. The third-order valence-corrected chi connectivity index (χ3v) is 18.6. The molecule has 0 aromatic carbocycles. The summed E-state index contributed by atoms with van der Waals surface area (Å²) in [6.45, 7) is 14.9. The average Bonchev–Trinajstić information content (AvgIpc) is 2.78. The smallest absolute Gasteiger partial charge is 0.0576 e. The number of hydrogen-bond donors (Lipinski definition) is 0. The molecule has 0 N–H and O–H groups in total. The molecule has 0 fully saturated rings. The SMILES string of the molecule is C/C=C/C[Si](CCC)(CCC)CCC=NCCCCCC[Si](C/C=C/C)(CCC)CCC. The molecule has 0 saturated carbocycles. The molecule has 0 spiro atoms. The second-order valence-corrected chi connectivity index (χ2v) is 20.2. The van der Waals surface area contributed by atoms with E-state index in [4.69, 9.17) is 4.99 Å². The van der Waals surface area contributed by atoms with Gasteiger partial charge in [-0.25, -0.2) is 0 Å². The first-order valence-electron chi connectivity index (χ1n) is 14.3. The number of rotatable bonds is 22. The molecule has 0 radical (unpaired) electrons. The van der Waals surface area contributed by atoms with Crippen LogP contribution in [0.25, 0.3) is 0 Å². The van der Waals surface area contributed by atoms with Crippen molar-refractivity contribution in [1.29, 1.82) is 0 Å². The summed E-state index contributed by atoms with van der Waals surface area (Å²) >= 11 is 0. The van der Waals surface area contributed by atoms with Crippen molar-refractivity contribution in [3.8, 4) is 0 Å². The Bertz CT molecular complexity index is 483. The van der Waals surface area contributed by atoms with Gasteiger partial charge < -0.3 is 0 Å². The Labute approximate surface area is 205 Å². The summed E-state index contributed by atoms with van der Waals surface area (Å²) in [5, 5.41) is 0. The number of unbranched alkanes of at least 4 members (excludes halogenated alkanes) is 3. The van der Waals surface area contributed by atoms with Crippen molar-refractivity contribution in [1.82, 2.24) is 0 Å². The summed E-state index contributed by atoms with van der Waals surface area (Å²) in [6.07, 6.45) is 24.0. The van der Waals surface area contributed by atoms with Gasteiger partial charge in [0.1, 0.15) is 0 Å². The van der Waals surface area contributed by atoms with Crippen molar-refractivity contribution >= 4 is 22.4 Å². The highest BCUT2D eigenvalue weighted by Crippen LogP contribution is 2.32. The van der Waals surface area contributed by atoms with Crippen LogP contribution in [0.15, 0.2) is 29.3 Å². The van der Waals surface area contributed by atoms with Crippen molar-refractivity contribution in [3.05, 3.63) is 24.3 Å². The summed E-state index contributed by atoms with van der Waals surface area (Å²) in [7, 11) is -2.18. The minimum absolute atomic E-state index is 1.05. The molecular formula is C29H59NSi2. The molecule has 0 bridgehead atoms. The van der Waals surface area contributed by atoms with Crippen LogP contribution in [0.1, 0.15) is 99.3 Å². The molecule has 1 nitrogen and oxygen atoms in total. The molecule has 0 aromatic heterocycles. The summed E-state index contributed by atoms with van der Waals surface area (Å²) in [5.74, 6) is 0. The topological polar surface area (TPSA) is 12.4 Å². The van der Waals surface area contributed by atoms with Gasteiger partial charge in [0.25, 0.3) is 0 Å². The highest BCUT2D eigenvalue weighted by Gasteiger charge is 2.29. The van der Waals surface area contributed by atoms with Crippen molar-refractivity contribution in [3.63, 3.8) is 0 Å². The fourth-order valence-corrected chi connectivity index (χ4v) is 16.0. The van der Waals surface area contributed by atoms with Gasteiger partial charge in [0.05, 0.1) is 16.1 Å². The molecule has 0 saturated heterocycles. The minimum Gasteiger partial charge on any atom is -0.298 e. The van der Waals surface area contributed by atoms with Crippen LogP contribution in [0.3, 0.4) is 0 Å². The van der Waals surface area contributed by atoms with Gasteiger partial charge in [0.15, 0.2) is 0 Å². The maximum atomic E-state index is 4.80. The maximum absolute atomic E-state index is 4.80. The maximum Gasteiger partial charge on any atom is 0.0576 e. The molecule has 0 aliphatic heterocycles. The van der Waals surface area contributed by atoms with Crippen molar-refractivity contribution in [2.45, 2.75) is 148 Å². The van der Waals surface area contributed by atoms with Gasteiger partial charge in [0, 0.05) is 6.54 Å². The second-order valence-electron chi connectivity index (χ2n) is 10.3. The van der Waals surface area contributed by atoms with Gasteiger partial charge in [0.2, 0.25) is 0 Å². The van der Waals surface area contributed by atoms with Crippen LogP contribution in [0, 0.1) is 0 Å². The van der Waals surface area contributed by atoms with Crippen molar-refractivity contribution in [2.24, 2.45) is 4.99 Å². The lowest BCUT2D eigenvalue weighted by Crippen LogP contribution is -2.33. The van der Waals surface area contributed by atoms with Gasteiger partial charge in [-0.05, 0) is 45.0 Å². The summed E-state index contributed by atoms with van der Waals surface area (Å²) in [4.78, 5) is 4.80.